The number of nitrogens with two attached hydrogens (primary N) is 1. The van der Waals surface area contributed by atoms with Crippen molar-refractivity contribution in [2.24, 2.45) is 5.73 Å². The van der Waals surface area contributed by atoms with Crippen LogP contribution in [0.25, 0.3) is 0 Å². The Bertz CT molecular complexity index is 519. The molecule has 18 heavy (non-hydrogen) atoms. The second-order valence-corrected chi connectivity index (χ2v) is 4.30. The molecule has 0 fully saturated rings. The normalized spacial score (nSPS) is 18.3. The van der Waals surface area contributed by atoms with Crippen LogP contribution >= 0.6 is 23.2 Å². The Hall–Kier alpha value is -1.43. The summed E-state index contributed by atoms with van der Waals surface area (Å²) in [6, 6.07) is 4.88. The maximum absolute atomic E-state index is 11.6. The molecule has 1 aromatic rings. The van der Waals surface area contributed by atoms with Crippen LogP contribution in [0.15, 0.2) is 30.2 Å². The van der Waals surface area contributed by atoms with Gasteiger partial charge in [-0.25, -0.2) is 4.79 Å². The summed E-state index contributed by atoms with van der Waals surface area (Å²) in [4.78, 5) is 13.0. The van der Waals surface area contributed by atoms with Crippen molar-refractivity contribution in [2.45, 2.75) is 6.35 Å². The first-order chi connectivity index (χ1) is 8.54. The molecule has 1 heterocycles. The number of nitrogens with zero attached hydrogens (tertiary/aromatic N) is 1. The highest BCUT2D eigenvalue weighted by atomic mass is 35.5. The van der Waals surface area contributed by atoms with Crippen molar-refractivity contribution in [3.05, 3.63) is 40.2 Å². The Morgan fingerprint density at radius 1 is 1.44 bits per heavy atom. The van der Waals surface area contributed by atoms with Gasteiger partial charge >= 0.3 is 5.97 Å². The molecule has 7 heteroatoms. The summed E-state index contributed by atoms with van der Waals surface area (Å²) in [5.74, 6) is -0.547. The highest BCUT2D eigenvalue weighted by molar-refractivity contribution is 6.42. The molecule has 0 aliphatic carbocycles. The SMILES string of the molecule is COC(=O)C1=COC(N)N1c1ccc(Cl)c(Cl)c1. The van der Waals surface area contributed by atoms with Crippen molar-refractivity contribution in [2.75, 3.05) is 12.0 Å². The first kappa shape index (κ1) is 13.0. The first-order valence-electron chi connectivity index (χ1n) is 4.98. The highest BCUT2D eigenvalue weighted by Crippen LogP contribution is 2.32. The average Bonchev–Trinajstić information content (AvgIpc) is 2.74. The molecule has 2 N–H and O–H groups in total. The average molecular weight is 289 g/mol. The fraction of sp³-hybridized carbons (Fsp3) is 0.182. The number of ether oxygens (including phenoxy) is 2. The lowest BCUT2D eigenvalue weighted by Crippen LogP contribution is -2.40. The fourth-order valence-corrected chi connectivity index (χ4v) is 1.85. The molecule has 1 aliphatic heterocycles. The summed E-state index contributed by atoms with van der Waals surface area (Å²) in [5, 5.41) is 0.773. The van der Waals surface area contributed by atoms with Crippen LogP contribution in [0.3, 0.4) is 0 Å². The van der Waals surface area contributed by atoms with Gasteiger partial charge in [0.2, 0.25) is 6.35 Å². The zero-order chi connectivity index (χ0) is 13.3. The van der Waals surface area contributed by atoms with E-state index in [0.717, 1.165) is 0 Å². The molecule has 2 rings (SSSR count). The van der Waals surface area contributed by atoms with E-state index >= 15 is 0 Å². The van der Waals surface area contributed by atoms with Crippen LogP contribution in [0.5, 0.6) is 0 Å². The molecule has 96 valence electrons. The molecule has 1 aliphatic rings. The highest BCUT2D eigenvalue weighted by Gasteiger charge is 2.31. The smallest absolute Gasteiger partial charge is 0.358 e. The van der Waals surface area contributed by atoms with Crippen LogP contribution in [0, 0.1) is 0 Å². The molecule has 0 aromatic heterocycles. The Kier molecular flexibility index (Phi) is 3.65. The van der Waals surface area contributed by atoms with Crippen molar-refractivity contribution in [1.82, 2.24) is 0 Å². The third kappa shape index (κ3) is 2.25. The predicted molar refractivity (Wildman–Crippen MR) is 68.1 cm³/mol. The molecule has 0 spiro atoms. The molecule has 1 aromatic carbocycles. The van der Waals surface area contributed by atoms with Crippen LogP contribution < -0.4 is 10.6 Å². The van der Waals surface area contributed by atoms with Gasteiger partial charge in [0.05, 0.1) is 17.2 Å². The van der Waals surface area contributed by atoms with Gasteiger partial charge in [-0.05, 0) is 18.2 Å². The van der Waals surface area contributed by atoms with Crippen molar-refractivity contribution in [1.29, 1.82) is 0 Å². The lowest BCUT2D eigenvalue weighted by atomic mass is 10.2. The number of halogens is 2. The molecule has 0 saturated heterocycles. The predicted octanol–water partition coefficient (Wildman–Crippen LogP) is 2.09. The van der Waals surface area contributed by atoms with Crippen molar-refractivity contribution in [3.8, 4) is 0 Å². The lowest BCUT2D eigenvalue weighted by Gasteiger charge is -2.23. The molecule has 1 atom stereocenters. The third-order valence-electron chi connectivity index (χ3n) is 2.41. The summed E-state index contributed by atoms with van der Waals surface area (Å²) < 4.78 is 9.73. The Morgan fingerprint density at radius 3 is 2.78 bits per heavy atom. The summed E-state index contributed by atoms with van der Waals surface area (Å²) in [5.41, 5.74) is 6.54. The molecule has 0 saturated carbocycles. The zero-order valence-corrected chi connectivity index (χ0v) is 10.9. The van der Waals surface area contributed by atoms with E-state index in [1.165, 1.54) is 18.3 Å². The lowest BCUT2D eigenvalue weighted by molar-refractivity contribution is -0.136. The molecule has 1 unspecified atom stereocenters. The summed E-state index contributed by atoms with van der Waals surface area (Å²) in [6.07, 6.45) is 0.440. The number of benzene rings is 1. The van der Waals surface area contributed by atoms with Gasteiger partial charge < -0.3 is 9.47 Å². The Labute approximate surface area is 114 Å². The second-order valence-electron chi connectivity index (χ2n) is 3.49. The molecule has 5 nitrogen and oxygen atoms in total. The van der Waals surface area contributed by atoms with Crippen LogP contribution in [0.4, 0.5) is 5.69 Å². The summed E-state index contributed by atoms with van der Waals surface area (Å²) in [6.45, 7) is 0. The molecular weight excluding hydrogens is 279 g/mol. The van der Waals surface area contributed by atoms with Gasteiger partial charge in [-0.2, -0.15) is 0 Å². The standard InChI is InChI=1S/C11H10Cl2N2O3/c1-17-10(16)9-5-18-11(14)15(9)6-2-3-7(12)8(13)4-6/h2-5,11H,14H2,1H3. The number of carbonyl (C=O) groups is 1. The van der Waals surface area contributed by atoms with E-state index in [-0.39, 0.29) is 5.70 Å². The van der Waals surface area contributed by atoms with Gasteiger partial charge in [0, 0.05) is 5.69 Å². The molecular formula is C11H10Cl2N2O3. The number of hydrogen-bond donors (Lipinski definition) is 1. The number of carbonyl (C=O) groups excluding carboxylic acids is 1. The number of esters is 1. The van der Waals surface area contributed by atoms with Crippen LogP contribution in [0.1, 0.15) is 0 Å². The number of methoxy groups -OCH3 is 1. The largest absolute Gasteiger partial charge is 0.464 e. The maximum Gasteiger partial charge on any atom is 0.358 e. The Balaban J connectivity index is 2.38. The minimum Gasteiger partial charge on any atom is -0.464 e. The maximum atomic E-state index is 11.6. The minimum atomic E-state index is -0.809. The fourth-order valence-electron chi connectivity index (χ4n) is 1.56. The number of rotatable bonds is 2. The zero-order valence-electron chi connectivity index (χ0n) is 9.39. The van der Waals surface area contributed by atoms with Crippen molar-refractivity contribution < 1.29 is 14.3 Å². The van der Waals surface area contributed by atoms with E-state index < -0.39 is 12.3 Å². The van der Waals surface area contributed by atoms with Gasteiger partial charge in [-0.3, -0.25) is 10.6 Å². The monoisotopic (exact) mass is 288 g/mol. The first-order valence-corrected chi connectivity index (χ1v) is 5.74. The van der Waals surface area contributed by atoms with Crippen LogP contribution in [-0.2, 0) is 14.3 Å². The van der Waals surface area contributed by atoms with Gasteiger partial charge in [-0.1, -0.05) is 23.2 Å². The van der Waals surface area contributed by atoms with E-state index in [1.54, 1.807) is 18.2 Å². The van der Waals surface area contributed by atoms with Gasteiger partial charge in [-0.15, -0.1) is 0 Å². The summed E-state index contributed by atoms with van der Waals surface area (Å²) in [7, 11) is 1.28. The van der Waals surface area contributed by atoms with E-state index in [4.69, 9.17) is 33.7 Å². The number of hydrogen-bond acceptors (Lipinski definition) is 5. The van der Waals surface area contributed by atoms with Gasteiger partial charge in [0.1, 0.15) is 6.26 Å². The quantitative estimate of drug-likeness (QED) is 0.844. The van der Waals surface area contributed by atoms with E-state index in [1.807, 2.05) is 0 Å². The third-order valence-corrected chi connectivity index (χ3v) is 3.15. The van der Waals surface area contributed by atoms with Gasteiger partial charge in [0.25, 0.3) is 0 Å². The topological polar surface area (TPSA) is 64.8 Å². The van der Waals surface area contributed by atoms with Crippen LogP contribution in [-0.4, -0.2) is 19.4 Å². The molecule has 0 radical (unpaired) electrons. The minimum absolute atomic E-state index is 0.198. The van der Waals surface area contributed by atoms with E-state index in [0.29, 0.717) is 15.7 Å². The van der Waals surface area contributed by atoms with Gasteiger partial charge in [0.15, 0.2) is 5.70 Å². The van der Waals surface area contributed by atoms with Crippen LogP contribution in [0.2, 0.25) is 10.0 Å². The molecule has 0 bridgehead atoms. The Morgan fingerprint density at radius 2 is 2.17 bits per heavy atom. The van der Waals surface area contributed by atoms with E-state index in [2.05, 4.69) is 4.74 Å². The second kappa shape index (κ2) is 5.06. The number of anilines is 1. The van der Waals surface area contributed by atoms with E-state index in [9.17, 15) is 4.79 Å². The molecule has 0 amide bonds. The van der Waals surface area contributed by atoms with Crippen molar-refractivity contribution >= 4 is 34.9 Å². The summed E-state index contributed by atoms with van der Waals surface area (Å²) >= 11 is 11.8. The van der Waals surface area contributed by atoms with Crippen molar-refractivity contribution in [3.63, 3.8) is 0 Å².